The Labute approximate surface area is 265 Å². The summed E-state index contributed by atoms with van der Waals surface area (Å²) in [6, 6.07) is 13.7. The van der Waals surface area contributed by atoms with Crippen molar-refractivity contribution in [2.45, 2.75) is 58.1 Å². The number of nitrogens with zero attached hydrogens (tertiary/aromatic N) is 2. The number of imidazole rings is 1. The van der Waals surface area contributed by atoms with Gasteiger partial charge in [-0.05, 0) is 55.9 Å². The highest BCUT2D eigenvalue weighted by atomic mass is 32.2. The van der Waals surface area contributed by atoms with Gasteiger partial charge in [0.15, 0.2) is 11.6 Å². The quantitative estimate of drug-likeness (QED) is 0.114. The molecule has 10 heteroatoms. The molecule has 236 valence electrons. The van der Waals surface area contributed by atoms with Crippen LogP contribution in [0.3, 0.4) is 0 Å². The number of hydrogen-bond donors (Lipinski definition) is 3. The Kier molecular flexibility index (Phi) is 9.46. The standard InChI is InChI=1S/C35H37F2N3O4S/c1-21-7-5-8-22(13-21)35(4,12-6-11-34(2,3)20-41)30-17-39-33(40-30)24-14-23(9-10-27(24)36)44-32-26(18-45-19-31(42)43)25-16-38-29(25)15-28(32)37/h5,7-10,13-17,41H,6,11-12,18-20H2,1-4H3,(H,39,40)(H,42,43). The van der Waals surface area contributed by atoms with Gasteiger partial charge in [-0.2, -0.15) is 0 Å². The first-order valence-electron chi connectivity index (χ1n) is 14.8. The Hall–Kier alpha value is -4.02. The number of aliphatic hydroxyl groups excluding tert-OH is 1. The van der Waals surface area contributed by atoms with E-state index in [4.69, 9.17) is 9.84 Å². The van der Waals surface area contributed by atoms with Gasteiger partial charge in [0.25, 0.3) is 0 Å². The number of hydrogen-bond acceptors (Lipinski definition) is 6. The summed E-state index contributed by atoms with van der Waals surface area (Å²) in [7, 11) is 0. The lowest BCUT2D eigenvalue weighted by Crippen LogP contribution is -2.26. The van der Waals surface area contributed by atoms with E-state index in [0.29, 0.717) is 22.6 Å². The molecule has 0 aliphatic carbocycles. The second kappa shape index (κ2) is 13.1. The van der Waals surface area contributed by atoms with Gasteiger partial charge in [0.05, 0.1) is 17.0 Å². The van der Waals surface area contributed by atoms with Crippen LogP contribution in [0.4, 0.5) is 14.5 Å². The van der Waals surface area contributed by atoms with Gasteiger partial charge in [-0.15, -0.1) is 11.8 Å². The van der Waals surface area contributed by atoms with Crippen LogP contribution in [0.2, 0.25) is 0 Å². The van der Waals surface area contributed by atoms with Crippen LogP contribution in [0, 0.1) is 24.0 Å². The Morgan fingerprint density at radius 1 is 1.07 bits per heavy atom. The maximum absolute atomic E-state index is 15.3. The van der Waals surface area contributed by atoms with E-state index in [1.54, 1.807) is 12.4 Å². The Morgan fingerprint density at radius 2 is 1.87 bits per heavy atom. The number of thioether (sulfide) groups is 1. The molecular formula is C35H37F2N3O4S. The van der Waals surface area contributed by atoms with Crippen molar-refractivity contribution < 1.29 is 28.5 Å². The average Bonchev–Trinajstić information content (AvgIpc) is 3.48. The summed E-state index contributed by atoms with van der Waals surface area (Å²) in [5.74, 6) is -1.61. The number of rotatable bonds is 14. The molecule has 0 saturated heterocycles. The van der Waals surface area contributed by atoms with E-state index < -0.39 is 23.0 Å². The van der Waals surface area contributed by atoms with Crippen molar-refractivity contribution in [3.63, 3.8) is 0 Å². The average molecular weight is 634 g/mol. The zero-order chi connectivity index (χ0) is 32.4. The third kappa shape index (κ3) is 7.12. The molecule has 0 bridgehead atoms. The molecular weight excluding hydrogens is 596 g/mol. The lowest BCUT2D eigenvalue weighted by Gasteiger charge is -2.31. The van der Waals surface area contributed by atoms with Crippen molar-refractivity contribution in [2.24, 2.45) is 10.4 Å². The highest BCUT2D eigenvalue weighted by Gasteiger charge is 2.32. The van der Waals surface area contributed by atoms with Crippen LogP contribution in [0.1, 0.15) is 68.0 Å². The fourth-order valence-electron chi connectivity index (χ4n) is 5.53. The SMILES string of the molecule is Cc1cccc(C(C)(CCCC(C)(C)CO)c2cnc(-c3cc(Oc4c(F)cc5c(c4CSCC(=O)O)C=N5)ccc3F)[nH]2)c1. The topological polar surface area (TPSA) is 108 Å². The van der Waals surface area contributed by atoms with E-state index in [2.05, 4.69) is 34.0 Å². The lowest BCUT2D eigenvalue weighted by atomic mass is 9.74. The molecule has 45 heavy (non-hydrogen) atoms. The normalized spacial score (nSPS) is 13.7. The molecule has 7 nitrogen and oxygen atoms in total. The number of carboxylic acids is 1. The van der Waals surface area contributed by atoms with Gasteiger partial charge in [0, 0.05) is 53.1 Å². The first-order chi connectivity index (χ1) is 21.4. The second-order valence-electron chi connectivity index (χ2n) is 12.5. The Morgan fingerprint density at radius 3 is 2.56 bits per heavy atom. The number of aliphatic hydroxyl groups is 1. The number of carboxylic acid groups (broad SMARTS) is 1. The van der Waals surface area contributed by atoms with Gasteiger partial charge >= 0.3 is 5.97 Å². The second-order valence-corrected chi connectivity index (χ2v) is 13.5. The van der Waals surface area contributed by atoms with Crippen LogP contribution in [-0.2, 0) is 16.0 Å². The number of carbonyl (C=O) groups is 1. The van der Waals surface area contributed by atoms with E-state index in [9.17, 15) is 9.90 Å². The molecule has 3 N–H and O–H groups in total. The van der Waals surface area contributed by atoms with Crippen molar-refractivity contribution in [1.82, 2.24) is 9.97 Å². The molecule has 1 aromatic heterocycles. The van der Waals surface area contributed by atoms with Gasteiger partial charge in [-0.25, -0.2) is 13.8 Å². The number of aromatic nitrogens is 2. The smallest absolute Gasteiger partial charge is 0.313 e. The summed E-state index contributed by atoms with van der Waals surface area (Å²) in [6.45, 7) is 8.38. The number of H-pyrrole nitrogens is 1. The molecule has 0 saturated carbocycles. The Balaban J connectivity index is 1.46. The molecule has 5 rings (SSSR count). The first-order valence-corrected chi connectivity index (χ1v) is 16.0. The number of aliphatic carboxylic acids is 1. The lowest BCUT2D eigenvalue weighted by molar-refractivity contribution is -0.133. The number of halogens is 2. The van der Waals surface area contributed by atoms with E-state index >= 15 is 8.78 Å². The number of aliphatic imine (C=N–C) groups is 1. The molecule has 0 spiro atoms. The van der Waals surface area contributed by atoms with Crippen LogP contribution in [0.5, 0.6) is 11.5 Å². The number of benzene rings is 3. The maximum atomic E-state index is 15.3. The number of nitrogens with one attached hydrogen (secondary N) is 1. The Bertz CT molecular complexity index is 1750. The molecule has 0 amide bonds. The van der Waals surface area contributed by atoms with Gasteiger partial charge in [0.1, 0.15) is 17.4 Å². The minimum Gasteiger partial charge on any atom is -0.481 e. The summed E-state index contributed by atoms with van der Waals surface area (Å²) in [4.78, 5) is 23.1. The van der Waals surface area contributed by atoms with E-state index in [-0.39, 0.29) is 40.6 Å². The molecule has 1 atom stereocenters. The minimum atomic E-state index is -0.972. The van der Waals surface area contributed by atoms with Crippen molar-refractivity contribution in [3.8, 4) is 22.9 Å². The molecule has 4 aromatic rings. The number of aryl methyl sites for hydroxylation is 1. The monoisotopic (exact) mass is 633 g/mol. The van der Waals surface area contributed by atoms with Crippen LogP contribution in [0.15, 0.2) is 59.7 Å². The fraction of sp³-hybridized carbons (Fsp3) is 0.343. The van der Waals surface area contributed by atoms with Crippen LogP contribution in [0.25, 0.3) is 11.4 Å². The predicted octanol–water partition coefficient (Wildman–Crippen LogP) is 8.33. The zero-order valence-corrected chi connectivity index (χ0v) is 26.6. The fourth-order valence-corrected chi connectivity index (χ4v) is 6.29. The van der Waals surface area contributed by atoms with E-state index in [1.165, 1.54) is 24.3 Å². The summed E-state index contributed by atoms with van der Waals surface area (Å²) in [6.07, 6.45) is 5.79. The van der Waals surface area contributed by atoms with Crippen molar-refractivity contribution in [3.05, 3.63) is 94.3 Å². The number of ether oxygens (including phenoxy) is 1. The molecule has 1 unspecified atom stereocenters. The summed E-state index contributed by atoms with van der Waals surface area (Å²) < 4.78 is 36.5. The van der Waals surface area contributed by atoms with E-state index in [1.807, 2.05) is 32.9 Å². The summed E-state index contributed by atoms with van der Waals surface area (Å²) in [5.41, 5.74) is 4.22. The van der Waals surface area contributed by atoms with Crippen molar-refractivity contribution >= 4 is 29.6 Å². The third-order valence-electron chi connectivity index (χ3n) is 8.36. The molecule has 3 aromatic carbocycles. The molecule has 0 radical (unpaired) electrons. The maximum Gasteiger partial charge on any atom is 0.313 e. The third-order valence-corrected chi connectivity index (χ3v) is 9.30. The minimum absolute atomic E-state index is 0.0479. The molecule has 1 aliphatic heterocycles. The summed E-state index contributed by atoms with van der Waals surface area (Å²) in [5, 5.41) is 18.8. The van der Waals surface area contributed by atoms with Gasteiger partial charge < -0.3 is 19.9 Å². The molecule has 2 heterocycles. The van der Waals surface area contributed by atoms with Crippen LogP contribution >= 0.6 is 11.8 Å². The zero-order valence-electron chi connectivity index (χ0n) is 25.8. The predicted molar refractivity (Wildman–Crippen MR) is 174 cm³/mol. The van der Waals surface area contributed by atoms with Gasteiger partial charge in [0.2, 0.25) is 0 Å². The molecule has 1 aliphatic rings. The highest BCUT2D eigenvalue weighted by molar-refractivity contribution is 7.99. The van der Waals surface area contributed by atoms with Crippen molar-refractivity contribution in [2.75, 3.05) is 12.4 Å². The van der Waals surface area contributed by atoms with Crippen LogP contribution in [-0.4, -0.2) is 44.7 Å². The van der Waals surface area contributed by atoms with E-state index in [0.717, 1.165) is 47.8 Å². The van der Waals surface area contributed by atoms with Gasteiger partial charge in [-0.1, -0.05) is 50.1 Å². The van der Waals surface area contributed by atoms with Crippen LogP contribution < -0.4 is 4.74 Å². The largest absolute Gasteiger partial charge is 0.481 e. The number of aromatic amines is 1. The first kappa shape index (κ1) is 32.4. The van der Waals surface area contributed by atoms with Gasteiger partial charge in [-0.3, -0.25) is 9.79 Å². The summed E-state index contributed by atoms with van der Waals surface area (Å²) >= 11 is 1.12. The highest BCUT2D eigenvalue weighted by Crippen LogP contribution is 2.42. The number of fused-ring (bicyclic) bond motifs is 1. The molecule has 0 fully saturated rings. The van der Waals surface area contributed by atoms with Crippen molar-refractivity contribution in [1.29, 1.82) is 0 Å².